The number of hydrogen-bond donors (Lipinski definition) is 1. The predicted molar refractivity (Wildman–Crippen MR) is 113 cm³/mol. The van der Waals surface area contributed by atoms with Crippen molar-refractivity contribution in [2.75, 3.05) is 6.54 Å². The number of amides is 1. The summed E-state index contributed by atoms with van der Waals surface area (Å²) in [4.78, 5) is 37.5. The fraction of sp³-hybridized carbons (Fsp3) is 0.450. The molecule has 2 rings (SSSR count). The third-order valence-electron chi connectivity index (χ3n) is 3.93. The normalized spacial score (nSPS) is 13.2. The Labute approximate surface area is 167 Å². The molecule has 0 aliphatic carbocycles. The maximum atomic E-state index is 12.8. The van der Waals surface area contributed by atoms with Crippen molar-refractivity contribution in [3.8, 4) is 0 Å². The number of nitrogens with one attached hydrogen (secondary N) is 1. The van der Waals surface area contributed by atoms with Gasteiger partial charge in [-0.1, -0.05) is 34.1 Å². The van der Waals surface area contributed by atoms with Gasteiger partial charge < -0.3 is 5.32 Å². The number of thiophene rings is 1. The van der Waals surface area contributed by atoms with Crippen LogP contribution in [0.3, 0.4) is 0 Å². The minimum atomic E-state index is -0.550. The van der Waals surface area contributed by atoms with Gasteiger partial charge in [-0.05, 0) is 34.9 Å². The van der Waals surface area contributed by atoms with Crippen molar-refractivity contribution in [1.82, 2.24) is 9.88 Å². The molecule has 0 radical (unpaired) electrons. The van der Waals surface area contributed by atoms with E-state index >= 15 is 0 Å². The smallest absolute Gasteiger partial charge is 0.269 e. The largest absolute Gasteiger partial charge is 0.355 e. The molecule has 2 aromatic rings. The second-order valence-electron chi connectivity index (χ2n) is 7.36. The van der Waals surface area contributed by atoms with Gasteiger partial charge in [-0.15, -0.1) is 11.3 Å². The van der Waals surface area contributed by atoms with Crippen LogP contribution in [0.2, 0.25) is 0 Å². The Bertz CT molecular complexity index is 961. The molecule has 0 spiro atoms. The summed E-state index contributed by atoms with van der Waals surface area (Å²) in [5.74, 6) is -0.297. The minimum absolute atomic E-state index is 0.0778. The average molecular weight is 407 g/mol. The van der Waals surface area contributed by atoms with Crippen LogP contribution in [0.15, 0.2) is 21.6 Å². The first-order valence-corrected chi connectivity index (χ1v) is 10.7. The number of carbonyl (C=O) groups is 2. The molecular formula is C20H26N2O3S2. The number of rotatable bonds is 7. The standard InChI is InChI=1S/C20H26N2O3S2/c1-5-6-8-21-17(24)12-22-18(11-16(23)20(2,3)4)27-15(19(22)25)10-14-7-9-26-13-14/h7,9-11,13H,5-6,8,12H2,1-4H3,(H,21,24)/b15-10+,18-11-. The van der Waals surface area contributed by atoms with E-state index in [0.717, 1.165) is 18.4 Å². The topological polar surface area (TPSA) is 68.2 Å². The van der Waals surface area contributed by atoms with Gasteiger partial charge in [-0.2, -0.15) is 11.3 Å². The maximum absolute atomic E-state index is 12.8. The highest BCUT2D eigenvalue weighted by Gasteiger charge is 2.20. The summed E-state index contributed by atoms with van der Waals surface area (Å²) in [7, 11) is 0. The van der Waals surface area contributed by atoms with Gasteiger partial charge in [0, 0.05) is 18.0 Å². The molecule has 1 N–H and O–H groups in total. The predicted octanol–water partition coefficient (Wildman–Crippen LogP) is 2.11. The van der Waals surface area contributed by atoms with Gasteiger partial charge in [-0.25, -0.2) is 0 Å². The van der Waals surface area contributed by atoms with Crippen molar-refractivity contribution in [2.45, 2.75) is 47.1 Å². The zero-order chi connectivity index (χ0) is 20.0. The number of unbranched alkanes of at least 4 members (excludes halogenated alkanes) is 1. The summed E-state index contributed by atoms with van der Waals surface area (Å²) < 4.78 is 2.42. The van der Waals surface area contributed by atoms with Gasteiger partial charge in [0.15, 0.2) is 5.78 Å². The van der Waals surface area contributed by atoms with Crippen LogP contribution in [0.1, 0.15) is 46.1 Å². The van der Waals surface area contributed by atoms with Crippen molar-refractivity contribution >= 4 is 46.5 Å². The van der Waals surface area contributed by atoms with Crippen LogP contribution >= 0.6 is 22.7 Å². The second kappa shape index (κ2) is 9.28. The Balaban J connectivity index is 2.47. The monoisotopic (exact) mass is 406 g/mol. The maximum Gasteiger partial charge on any atom is 0.269 e. The lowest BCUT2D eigenvalue weighted by Gasteiger charge is -2.13. The van der Waals surface area contributed by atoms with E-state index < -0.39 is 5.41 Å². The van der Waals surface area contributed by atoms with Gasteiger partial charge in [-0.3, -0.25) is 19.0 Å². The van der Waals surface area contributed by atoms with Crippen LogP contribution in [-0.4, -0.2) is 22.8 Å². The Kier molecular flexibility index (Phi) is 7.33. The number of hydrogen-bond acceptors (Lipinski definition) is 5. The van der Waals surface area contributed by atoms with E-state index in [1.807, 2.05) is 44.5 Å². The highest BCUT2D eigenvalue weighted by Crippen LogP contribution is 2.14. The van der Waals surface area contributed by atoms with Crippen LogP contribution in [0, 0.1) is 5.41 Å². The average Bonchev–Trinajstić information content (AvgIpc) is 3.19. The van der Waals surface area contributed by atoms with Crippen LogP contribution in [-0.2, 0) is 16.1 Å². The molecular weight excluding hydrogens is 380 g/mol. The molecule has 0 saturated carbocycles. The summed E-state index contributed by atoms with van der Waals surface area (Å²) in [6.45, 7) is 8.04. The van der Waals surface area contributed by atoms with E-state index in [4.69, 9.17) is 0 Å². The molecule has 7 heteroatoms. The van der Waals surface area contributed by atoms with E-state index in [9.17, 15) is 14.4 Å². The van der Waals surface area contributed by atoms with Gasteiger partial charge in [0.25, 0.3) is 5.56 Å². The van der Waals surface area contributed by atoms with Crippen LogP contribution in [0.25, 0.3) is 12.2 Å². The van der Waals surface area contributed by atoms with Crippen molar-refractivity contribution in [3.63, 3.8) is 0 Å². The highest BCUT2D eigenvalue weighted by molar-refractivity contribution is 7.08. The van der Waals surface area contributed by atoms with E-state index in [-0.39, 0.29) is 23.8 Å². The fourth-order valence-electron chi connectivity index (χ4n) is 2.23. The van der Waals surface area contributed by atoms with Crippen molar-refractivity contribution in [2.24, 2.45) is 5.41 Å². The summed E-state index contributed by atoms with van der Waals surface area (Å²) in [5, 5.41) is 6.71. The molecule has 0 aromatic carbocycles. The lowest BCUT2D eigenvalue weighted by molar-refractivity contribution is -0.122. The van der Waals surface area contributed by atoms with Gasteiger partial charge in [0.1, 0.15) is 11.2 Å². The SMILES string of the molecule is CCCCNC(=O)Cn1c(=O)/c(=C\c2ccsc2)s/c1=C\C(=O)C(C)(C)C. The van der Waals surface area contributed by atoms with E-state index in [1.54, 1.807) is 17.4 Å². The zero-order valence-corrected chi connectivity index (χ0v) is 17.8. The van der Waals surface area contributed by atoms with Gasteiger partial charge in [0.2, 0.25) is 5.91 Å². The van der Waals surface area contributed by atoms with Gasteiger partial charge in [0.05, 0.1) is 4.53 Å². The highest BCUT2D eigenvalue weighted by atomic mass is 32.1. The summed E-state index contributed by atoms with van der Waals surface area (Å²) in [6, 6.07) is 1.93. The first-order valence-electron chi connectivity index (χ1n) is 8.99. The molecule has 5 nitrogen and oxygen atoms in total. The molecule has 0 atom stereocenters. The molecule has 146 valence electrons. The first kappa shape index (κ1) is 21.3. The molecule has 2 aromatic heterocycles. The molecule has 2 heterocycles. The molecule has 0 fully saturated rings. The van der Waals surface area contributed by atoms with Crippen molar-refractivity contribution in [1.29, 1.82) is 0 Å². The molecule has 27 heavy (non-hydrogen) atoms. The Hall–Kier alpha value is -1.99. The third kappa shape index (κ3) is 6.01. The molecule has 0 bridgehead atoms. The fourth-order valence-corrected chi connectivity index (χ4v) is 3.89. The van der Waals surface area contributed by atoms with Crippen molar-refractivity contribution < 1.29 is 9.59 Å². The van der Waals surface area contributed by atoms with E-state index in [1.165, 1.54) is 22.0 Å². The Morgan fingerprint density at radius 1 is 1.30 bits per heavy atom. The number of carbonyl (C=O) groups excluding carboxylic acids is 2. The minimum Gasteiger partial charge on any atom is -0.355 e. The molecule has 0 aliphatic heterocycles. The van der Waals surface area contributed by atoms with E-state index in [0.29, 0.717) is 15.7 Å². The van der Waals surface area contributed by atoms with Crippen molar-refractivity contribution in [3.05, 3.63) is 41.9 Å². The molecule has 0 saturated heterocycles. The van der Waals surface area contributed by atoms with Crippen LogP contribution in [0.5, 0.6) is 0 Å². The molecule has 0 aliphatic rings. The molecule has 1 amide bonds. The number of thiazole rings is 1. The Morgan fingerprint density at radius 3 is 2.63 bits per heavy atom. The number of aromatic nitrogens is 1. The molecule has 0 unspecified atom stereocenters. The Morgan fingerprint density at radius 2 is 2.04 bits per heavy atom. The summed E-state index contributed by atoms with van der Waals surface area (Å²) in [5.41, 5.74) is 0.141. The van der Waals surface area contributed by atoms with E-state index in [2.05, 4.69) is 5.32 Å². The quantitative estimate of drug-likeness (QED) is 0.716. The lowest BCUT2D eigenvalue weighted by atomic mass is 9.91. The second-order valence-corrected chi connectivity index (χ2v) is 9.20. The van der Waals surface area contributed by atoms with Crippen LogP contribution in [0.4, 0.5) is 0 Å². The van der Waals surface area contributed by atoms with Gasteiger partial charge >= 0.3 is 0 Å². The summed E-state index contributed by atoms with van der Waals surface area (Å²) in [6.07, 6.45) is 5.16. The first-order chi connectivity index (χ1) is 12.7. The zero-order valence-electron chi connectivity index (χ0n) is 16.2. The lowest BCUT2D eigenvalue weighted by Crippen LogP contribution is -2.38. The summed E-state index contributed by atoms with van der Waals surface area (Å²) >= 11 is 2.79. The number of ketones is 1. The number of nitrogens with zero attached hydrogens (tertiary/aromatic N) is 1. The number of Topliss-reactive ketones (excluding diaryl/α,β-unsaturated/α-hetero) is 1. The van der Waals surface area contributed by atoms with Crippen LogP contribution < -0.4 is 20.1 Å². The third-order valence-corrected chi connectivity index (χ3v) is 5.69.